The van der Waals surface area contributed by atoms with Gasteiger partial charge in [-0.2, -0.15) is 0 Å². The van der Waals surface area contributed by atoms with Crippen molar-refractivity contribution in [2.75, 3.05) is 13.1 Å². The second-order valence-electron chi connectivity index (χ2n) is 6.17. The molecule has 0 aliphatic rings. The van der Waals surface area contributed by atoms with E-state index in [4.69, 9.17) is 16.3 Å². The van der Waals surface area contributed by atoms with Gasteiger partial charge < -0.3 is 15.4 Å². The summed E-state index contributed by atoms with van der Waals surface area (Å²) in [6, 6.07) is 17.5. The second-order valence-corrected chi connectivity index (χ2v) is 6.58. The monoisotopic (exact) mass is 409 g/mol. The van der Waals surface area contributed by atoms with Gasteiger partial charge in [-0.05, 0) is 36.4 Å². The van der Waals surface area contributed by atoms with Gasteiger partial charge in [-0.25, -0.2) is 0 Å². The smallest absolute Gasteiger partial charge is 0.252 e. The second kappa shape index (κ2) is 10.2. The zero-order chi connectivity index (χ0) is 20.5. The van der Waals surface area contributed by atoms with Crippen molar-refractivity contribution < 1.29 is 14.3 Å². The molecule has 2 aromatic carbocycles. The summed E-state index contributed by atoms with van der Waals surface area (Å²) in [6.07, 6.45) is 3.43. The first kappa shape index (κ1) is 20.4. The number of hydrogen-bond donors (Lipinski definition) is 2. The van der Waals surface area contributed by atoms with Crippen LogP contribution in [0.3, 0.4) is 0 Å². The highest BCUT2D eigenvalue weighted by Crippen LogP contribution is 2.15. The van der Waals surface area contributed by atoms with Crippen molar-refractivity contribution in [3.8, 4) is 5.75 Å². The average molecular weight is 410 g/mol. The van der Waals surface area contributed by atoms with Gasteiger partial charge in [-0.3, -0.25) is 14.6 Å². The highest BCUT2D eigenvalue weighted by Gasteiger charge is 2.10. The van der Waals surface area contributed by atoms with Gasteiger partial charge in [0.25, 0.3) is 11.8 Å². The minimum atomic E-state index is -0.282. The van der Waals surface area contributed by atoms with Gasteiger partial charge in [0.1, 0.15) is 12.4 Å². The van der Waals surface area contributed by atoms with Gasteiger partial charge in [0.2, 0.25) is 0 Å². The normalized spacial score (nSPS) is 10.2. The highest BCUT2D eigenvalue weighted by molar-refractivity contribution is 6.33. The molecule has 0 fully saturated rings. The molecular weight excluding hydrogens is 390 g/mol. The van der Waals surface area contributed by atoms with Crippen LogP contribution in [-0.2, 0) is 6.61 Å². The molecule has 3 rings (SSSR count). The summed E-state index contributed by atoms with van der Waals surface area (Å²) in [5.41, 5.74) is 1.82. The largest absolute Gasteiger partial charge is 0.489 e. The van der Waals surface area contributed by atoms with Crippen molar-refractivity contribution in [2.24, 2.45) is 0 Å². The number of carbonyl (C=O) groups excluding carboxylic acids is 2. The van der Waals surface area contributed by atoms with Gasteiger partial charge in [-0.15, -0.1) is 0 Å². The number of aromatic nitrogens is 1. The van der Waals surface area contributed by atoms with Crippen LogP contribution in [0.15, 0.2) is 73.1 Å². The van der Waals surface area contributed by atoms with Crippen LogP contribution in [0.5, 0.6) is 5.75 Å². The van der Waals surface area contributed by atoms with Gasteiger partial charge in [0.05, 0.1) is 10.6 Å². The number of halogens is 1. The summed E-state index contributed by atoms with van der Waals surface area (Å²) in [6.45, 7) is 0.940. The SMILES string of the molecule is O=C(NCCNC(=O)c1ccccc1Cl)c1cccc(OCc2cccnc2)c1. The third kappa shape index (κ3) is 6.05. The number of rotatable bonds is 8. The van der Waals surface area contributed by atoms with Gasteiger partial charge in [0, 0.05) is 36.6 Å². The fourth-order valence-electron chi connectivity index (χ4n) is 2.57. The molecule has 0 saturated carbocycles. The van der Waals surface area contributed by atoms with Gasteiger partial charge in [0.15, 0.2) is 0 Å². The van der Waals surface area contributed by atoms with Crippen LogP contribution in [0.4, 0.5) is 0 Å². The molecular formula is C22H20ClN3O3. The standard InChI is InChI=1S/C22H20ClN3O3/c23-20-9-2-1-8-19(20)22(28)26-12-11-25-21(27)17-6-3-7-18(13-17)29-15-16-5-4-10-24-14-16/h1-10,13-14H,11-12,15H2,(H,25,27)(H,26,28). The van der Waals surface area contributed by atoms with E-state index in [1.165, 1.54) is 0 Å². The zero-order valence-corrected chi connectivity index (χ0v) is 16.4. The van der Waals surface area contributed by atoms with E-state index in [9.17, 15) is 9.59 Å². The lowest BCUT2D eigenvalue weighted by Crippen LogP contribution is -2.34. The maximum Gasteiger partial charge on any atom is 0.252 e. The van der Waals surface area contributed by atoms with E-state index in [0.717, 1.165) is 5.56 Å². The Kier molecular flexibility index (Phi) is 7.19. The predicted octanol–water partition coefficient (Wildman–Crippen LogP) is 3.47. The number of pyridine rings is 1. The molecule has 0 spiro atoms. The molecule has 0 bridgehead atoms. The highest BCUT2D eigenvalue weighted by atomic mass is 35.5. The van der Waals surface area contributed by atoms with Crippen LogP contribution in [0.25, 0.3) is 0 Å². The fraction of sp³-hybridized carbons (Fsp3) is 0.136. The maximum absolute atomic E-state index is 12.3. The van der Waals surface area contributed by atoms with Crippen molar-refractivity contribution in [3.63, 3.8) is 0 Å². The molecule has 0 aliphatic carbocycles. The number of amides is 2. The van der Waals surface area contributed by atoms with E-state index < -0.39 is 0 Å². The van der Waals surface area contributed by atoms with Gasteiger partial charge in [-0.1, -0.05) is 35.9 Å². The summed E-state index contributed by atoms with van der Waals surface area (Å²) in [4.78, 5) is 28.5. The van der Waals surface area contributed by atoms with Crippen molar-refractivity contribution in [2.45, 2.75) is 6.61 Å². The minimum Gasteiger partial charge on any atom is -0.489 e. The number of benzene rings is 2. The summed E-state index contributed by atoms with van der Waals surface area (Å²) in [5.74, 6) is 0.0630. The first-order chi connectivity index (χ1) is 14.1. The van der Waals surface area contributed by atoms with E-state index in [2.05, 4.69) is 15.6 Å². The van der Waals surface area contributed by atoms with Crippen molar-refractivity contribution in [1.29, 1.82) is 0 Å². The first-order valence-corrected chi connectivity index (χ1v) is 9.44. The topological polar surface area (TPSA) is 80.3 Å². The van der Waals surface area contributed by atoms with E-state index in [1.807, 2.05) is 12.1 Å². The third-order valence-electron chi connectivity index (χ3n) is 4.04. The number of hydrogen-bond acceptors (Lipinski definition) is 4. The Morgan fingerprint density at radius 1 is 0.931 bits per heavy atom. The zero-order valence-electron chi connectivity index (χ0n) is 15.6. The molecule has 0 unspecified atom stereocenters. The quantitative estimate of drug-likeness (QED) is 0.558. The van der Waals surface area contributed by atoms with Crippen LogP contribution < -0.4 is 15.4 Å². The number of ether oxygens (including phenoxy) is 1. The van der Waals surface area contributed by atoms with Crippen LogP contribution in [0, 0.1) is 0 Å². The van der Waals surface area contributed by atoms with Crippen LogP contribution in [0.1, 0.15) is 26.3 Å². The molecule has 7 heteroatoms. The molecule has 6 nitrogen and oxygen atoms in total. The molecule has 29 heavy (non-hydrogen) atoms. The number of carbonyl (C=O) groups is 2. The number of nitrogens with one attached hydrogen (secondary N) is 2. The fourth-order valence-corrected chi connectivity index (χ4v) is 2.79. The van der Waals surface area contributed by atoms with E-state index in [-0.39, 0.29) is 24.9 Å². The summed E-state index contributed by atoms with van der Waals surface area (Å²) in [7, 11) is 0. The molecule has 2 N–H and O–H groups in total. The average Bonchev–Trinajstić information content (AvgIpc) is 2.76. The Labute approximate surface area is 173 Å². The minimum absolute atomic E-state index is 0.246. The summed E-state index contributed by atoms with van der Waals surface area (Å²) >= 11 is 6.00. The third-order valence-corrected chi connectivity index (χ3v) is 4.37. The van der Waals surface area contributed by atoms with E-state index in [0.29, 0.717) is 28.5 Å². The van der Waals surface area contributed by atoms with Crippen molar-refractivity contribution in [3.05, 3.63) is 94.8 Å². The predicted molar refractivity (Wildman–Crippen MR) is 111 cm³/mol. The molecule has 1 heterocycles. The van der Waals surface area contributed by atoms with E-state index >= 15 is 0 Å². The Balaban J connectivity index is 1.46. The van der Waals surface area contributed by atoms with Crippen LogP contribution >= 0.6 is 11.6 Å². The Bertz CT molecular complexity index is 980. The molecule has 0 radical (unpaired) electrons. The maximum atomic E-state index is 12.3. The van der Waals surface area contributed by atoms with E-state index in [1.54, 1.807) is 60.9 Å². The first-order valence-electron chi connectivity index (χ1n) is 9.06. The van der Waals surface area contributed by atoms with Crippen LogP contribution in [0.2, 0.25) is 5.02 Å². The van der Waals surface area contributed by atoms with Crippen LogP contribution in [-0.4, -0.2) is 29.9 Å². The molecule has 148 valence electrons. The lowest BCUT2D eigenvalue weighted by atomic mass is 10.2. The molecule has 0 saturated heterocycles. The van der Waals surface area contributed by atoms with Gasteiger partial charge >= 0.3 is 0 Å². The summed E-state index contributed by atoms with van der Waals surface area (Å²) < 4.78 is 5.71. The Morgan fingerprint density at radius 3 is 2.48 bits per heavy atom. The molecule has 3 aromatic rings. The lowest BCUT2D eigenvalue weighted by molar-refractivity contribution is 0.0927. The van der Waals surface area contributed by atoms with Crippen molar-refractivity contribution in [1.82, 2.24) is 15.6 Å². The molecule has 0 atom stereocenters. The summed E-state index contributed by atoms with van der Waals surface area (Å²) in [5, 5.41) is 5.88. The van der Waals surface area contributed by atoms with Crippen molar-refractivity contribution >= 4 is 23.4 Å². The Morgan fingerprint density at radius 2 is 1.72 bits per heavy atom. The Hall–Kier alpha value is -3.38. The number of nitrogens with zero attached hydrogens (tertiary/aromatic N) is 1. The molecule has 2 amide bonds. The molecule has 0 aliphatic heterocycles. The molecule has 1 aromatic heterocycles. The lowest BCUT2D eigenvalue weighted by Gasteiger charge is -2.10.